The highest BCUT2D eigenvalue weighted by Crippen LogP contribution is 2.29. The quantitative estimate of drug-likeness (QED) is 0.277. The summed E-state index contributed by atoms with van der Waals surface area (Å²) in [5, 5.41) is 3.42. The molecule has 0 saturated heterocycles. The van der Waals surface area contributed by atoms with E-state index in [1.54, 1.807) is 68.6 Å². The zero-order valence-electron chi connectivity index (χ0n) is 24.1. The first kappa shape index (κ1) is 32.0. The van der Waals surface area contributed by atoms with E-state index in [0.29, 0.717) is 28.4 Å². The van der Waals surface area contributed by atoms with E-state index in [9.17, 15) is 18.0 Å². The Kier molecular flexibility index (Phi) is 11.2. The van der Waals surface area contributed by atoms with Gasteiger partial charge in [0.25, 0.3) is 10.0 Å². The topological polar surface area (TPSA) is 96.0 Å². The van der Waals surface area contributed by atoms with Crippen molar-refractivity contribution in [2.45, 2.75) is 64.1 Å². The number of amides is 2. The Bertz CT molecular complexity index is 1450. The maximum atomic E-state index is 14.2. The van der Waals surface area contributed by atoms with Crippen molar-refractivity contribution in [2.24, 2.45) is 0 Å². The summed E-state index contributed by atoms with van der Waals surface area (Å²) < 4.78 is 34.4. The molecule has 0 saturated carbocycles. The second kappa shape index (κ2) is 14.4. The number of carbonyl (C=O) groups is 2. The lowest BCUT2D eigenvalue weighted by molar-refractivity contribution is -0.140. The number of benzene rings is 3. The van der Waals surface area contributed by atoms with Crippen molar-refractivity contribution in [3.8, 4) is 5.75 Å². The molecule has 0 aliphatic heterocycles. The third-order valence-electron chi connectivity index (χ3n) is 6.91. The molecular formula is C31H38ClN3O5S. The zero-order chi connectivity index (χ0) is 30.2. The third-order valence-corrected chi connectivity index (χ3v) is 8.92. The molecule has 1 N–H and O–H groups in total. The maximum Gasteiger partial charge on any atom is 0.264 e. The minimum atomic E-state index is -4.16. The van der Waals surface area contributed by atoms with Gasteiger partial charge in [-0.05, 0) is 80.3 Å². The van der Waals surface area contributed by atoms with Gasteiger partial charge in [-0.1, -0.05) is 55.8 Å². The molecule has 0 spiro atoms. The Morgan fingerprint density at radius 3 is 2.29 bits per heavy atom. The van der Waals surface area contributed by atoms with Gasteiger partial charge in [0, 0.05) is 17.6 Å². The van der Waals surface area contributed by atoms with Gasteiger partial charge in [0.05, 0.1) is 17.7 Å². The maximum absolute atomic E-state index is 14.2. The van der Waals surface area contributed by atoms with Gasteiger partial charge >= 0.3 is 0 Å². The smallest absolute Gasteiger partial charge is 0.264 e. The summed E-state index contributed by atoms with van der Waals surface area (Å²) in [6.45, 7) is 7.00. The largest absolute Gasteiger partial charge is 0.497 e. The Balaban J connectivity index is 2.09. The van der Waals surface area contributed by atoms with Crippen molar-refractivity contribution >= 4 is 39.1 Å². The summed E-state index contributed by atoms with van der Waals surface area (Å²) in [4.78, 5) is 29.1. The van der Waals surface area contributed by atoms with E-state index in [-0.39, 0.29) is 23.4 Å². The monoisotopic (exact) mass is 599 g/mol. The number of anilines is 1. The molecule has 2 amide bonds. The number of nitrogens with one attached hydrogen (secondary N) is 1. The summed E-state index contributed by atoms with van der Waals surface area (Å²) in [5.41, 5.74) is 1.66. The second-order valence-corrected chi connectivity index (χ2v) is 12.2. The van der Waals surface area contributed by atoms with Gasteiger partial charge in [0.15, 0.2) is 0 Å². The van der Waals surface area contributed by atoms with Crippen LogP contribution in [0.1, 0.15) is 44.7 Å². The summed E-state index contributed by atoms with van der Waals surface area (Å²) in [6.07, 6.45) is 1.06. The van der Waals surface area contributed by atoms with Gasteiger partial charge in [0.1, 0.15) is 18.3 Å². The van der Waals surface area contributed by atoms with Crippen LogP contribution in [-0.2, 0) is 26.2 Å². The molecule has 0 radical (unpaired) electrons. The zero-order valence-corrected chi connectivity index (χ0v) is 25.7. The Hall–Kier alpha value is -3.56. The lowest BCUT2D eigenvalue weighted by atomic mass is 10.1. The van der Waals surface area contributed by atoms with Crippen LogP contribution in [0.25, 0.3) is 0 Å². The molecule has 3 rings (SSSR count). The van der Waals surface area contributed by atoms with Crippen LogP contribution in [0.4, 0.5) is 5.69 Å². The van der Waals surface area contributed by atoms with Crippen LogP contribution in [0.15, 0.2) is 77.7 Å². The van der Waals surface area contributed by atoms with E-state index in [4.69, 9.17) is 16.3 Å². The van der Waals surface area contributed by atoms with Crippen molar-refractivity contribution < 1.29 is 22.7 Å². The van der Waals surface area contributed by atoms with E-state index in [1.165, 1.54) is 17.0 Å². The average Bonchev–Trinajstić information content (AvgIpc) is 2.96. The fourth-order valence-electron chi connectivity index (χ4n) is 4.46. The minimum Gasteiger partial charge on any atom is -0.497 e. The minimum absolute atomic E-state index is 0.0445. The summed E-state index contributed by atoms with van der Waals surface area (Å²) >= 11 is 6.17. The van der Waals surface area contributed by atoms with Crippen molar-refractivity contribution in [1.82, 2.24) is 10.2 Å². The molecule has 41 heavy (non-hydrogen) atoms. The molecule has 220 valence electrons. The van der Waals surface area contributed by atoms with E-state index >= 15 is 0 Å². The van der Waals surface area contributed by atoms with E-state index in [0.717, 1.165) is 16.3 Å². The van der Waals surface area contributed by atoms with Crippen molar-refractivity contribution in [3.05, 3.63) is 88.9 Å². The molecule has 0 aliphatic rings. The molecule has 3 aromatic rings. The van der Waals surface area contributed by atoms with Gasteiger partial charge in [0.2, 0.25) is 11.8 Å². The van der Waals surface area contributed by atoms with Crippen LogP contribution >= 0.6 is 11.6 Å². The summed E-state index contributed by atoms with van der Waals surface area (Å²) in [5.74, 6) is -0.205. The summed E-state index contributed by atoms with van der Waals surface area (Å²) in [6, 6.07) is 19.1. The normalized spacial score (nSPS) is 12.7. The van der Waals surface area contributed by atoms with Gasteiger partial charge in [-0.25, -0.2) is 8.42 Å². The highest BCUT2D eigenvalue weighted by atomic mass is 35.5. The molecule has 3 aromatic carbocycles. The molecule has 8 nitrogen and oxygen atoms in total. The van der Waals surface area contributed by atoms with Crippen molar-refractivity contribution in [2.75, 3.05) is 18.0 Å². The SMILES string of the molecule is CCC(C)NC(=O)C(CC)N(Cc1cccc(OC)c1)C(=O)CN(c1ccc(Cl)cc1C)S(=O)(=O)c1ccccc1. The Morgan fingerprint density at radius 2 is 1.68 bits per heavy atom. The molecule has 0 aromatic heterocycles. The molecular weight excluding hydrogens is 562 g/mol. The number of ether oxygens (including phenoxy) is 1. The molecule has 10 heteroatoms. The average molecular weight is 600 g/mol. The van der Waals surface area contributed by atoms with Gasteiger partial charge in [-0.3, -0.25) is 13.9 Å². The van der Waals surface area contributed by atoms with Crippen LogP contribution in [0.5, 0.6) is 5.75 Å². The number of rotatable bonds is 13. The number of nitrogens with zero attached hydrogens (tertiary/aromatic N) is 2. The third kappa shape index (κ3) is 8.01. The number of hydrogen-bond acceptors (Lipinski definition) is 5. The fraction of sp³-hybridized carbons (Fsp3) is 0.355. The fourth-order valence-corrected chi connectivity index (χ4v) is 6.19. The number of sulfonamides is 1. The van der Waals surface area contributed by atoms with E-state index in [1.807, 2.05) is 26.8 Å². The van der Waals surface area contributed by atoms with Crippen LogP contribution < -0.4 is 14.4 Å². The molecule has 0 heterocycles. The molecule has 0 aliphatic carbocycles. The van der Waals surface area contributed by atoms with Crippen LogP contribution in [0.3, 0.4) is 0 Å². The predicted octanol–water partition coefficient (Wildman–Crippen LogP) is 5.57. The molecule has 0 fully saturated rings. The lowest BCUT2D eigenvalue weighted by Crippen LogP contribution is -2.53. The van der Waals surface area contributed by atoms with Gasteiger partial charge < -0.3 is 15.0 Å². The first-order valence-corrected chi connectivity index (χ1v) is 15.4. The Morgan fingerprint density at radius 1 is 0.976 bits per heavy atom. The van der Waals surface area contributed by atoms with E-state index < -0.39 is 28.5 Å². The number of hydrogen-bond donors (Lipinski definition) is 1. The lowest BCUT2D eigenvalue weighted by Gasteiger charge is -2.34. The van der Waals surface area contributed by atoms with Crippen molar-refractivity contribution in [3.63, 3.8) is 0 Å². The highest BCUT2D eigenvalue weighted by Gasteiger charge is 2.34. The first-order chi connectivity index (χ1) is 19.5. The van der Waals surface area contributed by atoms with Crippen molar-refractivity contribution in [1.29, 1.82) is 0 Å². The first-order valence-electron chi connectivity index (χ1n) is 13.6. The van der Waals surface area contributed by atoms with Gasteiger partial charge in [-0.15, -0.1) is 0 Å². The van der Waals surface area contributed by atoms with Crippen LogP contribution in [-0.4, -0.2) is 50.9 Å². The second-order valence-electron chi connectivity index (χ2n) is 9.87. The molecule has 0 bridgehead atoms. The van der Waals surface area contributed by atoms with Gasteiger partial charge in [-0.2, -0.15) is 0 Å². The predicted molar refractivity (Wildman–Crippen MR) is 163 cm³/mol. The molecule has 2 unspecified atom stereocenters. The number of carbonyl (C=O) groups excluding carboxylic acids is 2. The number of halogens is 1. The number of aryl methyl sites for hydroxylation is 1. The standard InChI is InChI=1S/C31H38ClN3O5S/c1-6-23(4)33-31(37)28(7-2)34(20-24-12-11-13-26(19-24)40-5)30(36)21-35(29-17-16-25(32)18-22(29)3)41(38,39)27-14-9-8-10-15-27/h8-19,23,28H,6-7,20-21H2,1-5H3,(H,33,37). The highest BCUT2D eigenvalue weighted by molar-refractivity contribution is 7.92. The summed E-state index contributed by atoms with van der Waals surface area (Å²) in [7, 11) is -2.60. The number of methoxy groups -OCH3 is 1. The molecule has 2 atom stereocenters. The van der Waals surface area contributed by atoms with Crippen LogP contribution in [0.2, 0.25) is 5.02 Å². The Labute approximate surface area is 248 Å². The van der Waals surface area contributed by atoms with E-state index in [2.05, 4.69) is 5.32 Å². The van der Waals surface area contributed by atoms with Crippen LogP contribution in [0, 0.1) is 6.92 Å².